The van der Waals surface area contributed by atoms with Crippen LogP contribution in [-0.2, 0) is 14.3 Å². The van der Waals surface area contributed by atoms with Crippen LogP contribution in [0.15, 0.2) is 18.2 Å². The molecule has 3 aliphatic heterocycles. The van der Waals surface area contributed by atoms with Crippen molar-refractivity contribution in [1.29, 1.82) is 0 Å². The molecule has 0 radical (unpaired) electrons. The number of nitrogens with zero attached hydrogens (tertiary/aromatic N) is 3. The maximum atomic E-state index is 15.1. The van der Waals surface area contributed by atoms with Crippen molar-refractivity contribution in [1.82, 2.24) is 10.2 Å². The number of carbonyl (C=O) groups is 2. The lowest BCUT2D eigenvalue weighted by Crippen LogP contribution is -2.46. The SMILES string of the molecule is COCCN1CCCC2CN(c3ccc(N4CC(CNC(C)=O)OC4=O)cc3F)C[C@H]21. The van der Waals surface area contributed by atoms with Crippen LogP contribution in [0, 0.1) is 11.7 Å². The quantitative estimate of drug-likeness (QED) is 0.706. The van der Waals surface area contributed by atoms with E-state index in [0.717, 1.165) is 32.6 Å². The van der Waals surface area contributed by atoms with Gasteiger partial charge in [-0.05, 0) is 43.5 Å². The molecule has 3 saturated heterocycles. The number of hydrogen-bond donors (Lipinski definition) is 1. The third kappa shape index (κ3) is 4.77. The number of amides is 2. The lowest BCUT2D eigenvalue weighted by molar-refractivity contribution is -0.119. The molecule has 3 fully saturated rings. The minimum atomic E-state index is -0.525. The number of fused-ring (bicyclic) bond motifs is 1. The van der Waals surface area contributed by atoms with E-state index in [4.69, 9.17) is 9.47 Å². The largest absolute Gasteiger partial charge is 0.442 e. The maximum absolute atomic E-state index is 15.1. The van der Waals surface area contributed by atoms with Crippen LogP contribution in [0.2, 0.25) is 0 Å². The first-order chi connectivity index (χ1) is 15.0. The summed E-state index contributed by atoms with van der Waals surface area (Å²) in [6.45, 7) is 6.26. The van der Waals surface area contributed by atoms with Crippen LogP contribution in [0.3, 0.4) is 0 Å². The molecule has 3 aliphatic rings. The highest BCUT2D eigenvalue weighted by molar-refractivity contribution is 5.90. The van der Waals surface area contributed by atoms with Crippen molar-refractivity contribution in [3.05, 3.63) is 24.0 Å². The second-order valence-electron chi connectivity index (χ2n) is 8.59. The Morgan fingerprint density at radius 1 is 1.32 bits per heavy atom. The van der Waals surface area contributed by atoms with Gasteiger partial charge in [-0.3, -0.25) is 14.6 Å². The summed E-state index contributed by atoms with van der Waals surface area (Å²) >= 11 is 0. The Morgan fingerprint density at radius 2 is 2.16 bits per heavy atom. The zero-order valence-corrected chi connectivity index (χ0v) is 18.2. The van der Waals surface area contributed by atoms with Gasteiger partial charge in [0.05, 0.1) is 31.1 Å². The fourth-order valence-electron chi connectivity index (χ4n) is 4.97. The van der Waals surface area contributed by atoms with Crippen molar-refractivity contribution in [3.8, 4) is 0 Å². The van der Waals surface area contributed by atoms with E-state index in [1.165, 1.54) is 24.3 Å². The van der Waals surface area contributed by atoms with E-state index in [0.29, 0.717) is 29.9 Å². The van der Waals surface area contributed by atoms with E-state index >= 15 is 4.39 Å². The summed E-state index contributed by atoms with van der Waals surface area (Å²) in [5, 5.41) is 2.64. The summed E-state index contributed by atoms with van der Waals surface area (Å²) in [6, 6.07) is 5.36. The standard InChI is InChI=1S/C22H31FN4O4/c1-15(28)24-11-18-13-27(22(29)31-18)17-5-6-20(19(23)10-17)26-12-16-4-3-7-25(8-9-30-2)21(16)14-26/h5-6,10,16,18,21H,3-4,7-9,11-14H2,1-2H3,(H,24,28)/t16?,18?,21-/m1/s1. The van der Waals surface area contributed by atoms with E-state index in [1.807, 2.05) is 0 Å². The number of carbonyl (C=O) groups excluding carboxylic acids is 2. The van der Waals surface area contributed by atoms with Crippen LogP contribution in [0.1, 0.15) is 19.8 Å². The molecule has 3 atom stereocenters. The first kappa shape index (κ1) is 21.8. The van der Waals surface area contributed by atoms with Crippen molar-refractivity contribution < 1.29 is 23.5 Å². The molecule has 8 nitrogen and oxygen atoms in total. The molecule has 4 rings (SSSR count). The third-order valence-electron chi connectivity index (χ3n) is 6.51. The smallest absolute Gasteiger partial charge is 0.414 e. The van der Waals surface area contributed by atoms with E-state index < -0.39 is 12.2 Å². The minimum absolute atomic E-state index is 0.183. The first-order valence-corrected chi connectivity index (χ1v) is 11.0. The van der Waals surface area contributed by atoms with Gasteiger partial charge in [-0.25, -0.2) is 9.18 Å². The predicted octanol–water partition coefficient (Wildman–Crippen LogP) is 1.83. The highest BCUT2D eigenvalue weighted by Gasteiger charge is 2.40. The fraction of sp³-hybridized carbons (Fsp3) is 0.636. The lowest BCUT2D eigenvalue weighted by atomic mass is 9.92. The fourth-order valence-corrected chi connectivity index (χ4v) is 4.97. The van der Waals surface area contributed by atoms with Gasteiger partial charge in [0, 0.05) is 39.7 Å². The molecule has 3 heterocycles. The van der Waals surface area contributed by atoms with Crippen LogP contribution in [0.4, 0.5) is 20.6 Å². The summed E-state index contributed by atoms with van der Waals surface area (Å²) in [4.78, 5) is 29.3. The molecule has 170 valence electrons. The number of hydrogen-bond acceptors (Lipinski definition) is 6. The number of rotatable bonds is 7. The summed E-state index contributed by atoms with van der Waals surface area (Å²) < 4.78 is 25.6. The second kappa shape index (κ2) is 9.40. The molecular formula is C22H31FN4O4. The van der Waals surface area contributed by atoms with Crippen molar-refractivity contribution >= 4 is 23.4 Å². The number of cyclic esters (lactones) is 1. The van der Waals surface area contributed by atoms with E-state index in [1.54, 1.807) is 19.2 Å². The van der Waals surface area contributed by atoms with Gasteiger partial charge in [0.1, 0.15) is 11.9 Å². The number of anilines is 2. The average molecular weight is 435 g/mol. The van der Waals surface area contributed by atoms with Crippen LogP contribution >= 0.6 is 0 Å². The van der Waals surface area contributed by atoms with Gasteiger partial charge in [-0.2, -0.15) is 0 Å². The van der Waals surface area contributed by atoms with Gasteiger partial charge in [0.15, 0.2) is 0 Å². The Kier molecular flexibility index (Phi) is 6.62. The minimum Gasteiger partial charge on any atom is -0.442 e. The Balaban J connectivity index is 1.42. The number of halogens is 1. The molecule has 2 amide bonds. The van der Waals surface area contributed by atoms with E-state index in [2.05, 4.69) is 15.1 Å². The Labute approximate surface area is 182 Å². The molecule has 0 aromatic heterocycles. The van der Waals surface area contributed by atoms with E-state index in [-0.39, 0.29) is 24.8 Å². The first-order valence-electron chi connectivity index (χ1n) is 11.0. The number of likely N-dealkylation sites (tertiary alicyclic amines) is 1. The lowest BCUT2D eigenvalue weighted by Gasteiger charge is -2.36. The van der Waals surface area contributed by atoms with Crippen molar-refractivity contribution in [3.63, 3.8) is 0 Å². The van der Waals surface area contributed by atoms with Crippen LogP contribution in [0.5, 0.6) is 0 Å². The number of benzene rings is 1. The molecule has 0 aliphatic carbocycles. The predicted molar refractivity (Wildman–Crippen MR) is 115 cm³/mol. The van der Waals surface area contributed by atoms with E-state index in [9.17, 15) is 9.59 Å². The monoisotopic (exact) mass is 434 g/mol. The Bertz CT molecular complexity index is 823. The van der Waals surface area contributed by atoms with Gasteiger partial charge in [0.2, 0.25) is 5.91 Å². The number of piperidine rings is 1. The third-order valence-corrected chi connectivity index (χ3v) is 6.51. The average Bonchev–Trinajstić information content (AvgIpc) is 3.34. The molecule has 2 unspecified atom stereocenters. The van der Waals surface area contributed by atoms with Crippen LogP contribution in [0.25, 0.3) is 0 Å². The second-order valence-corrected chi connectivity index (χ2v) is 8.59. The van der Waals surface area contributed by atoms with Gasteiger partial charge in [-0.15, -0.1) is 0 Å². The molecule has 31 heavy (non-hydrogen) atoms. The van der Waals surface area contributed by atoms with Crippen LogP contribution in [-0.4, -0.2) is 82.0 Å². The molecule has 0 spiro atoms. The number of ether oxygens (including phenoxy) is 2. The van der Waals surface area contributed by atoms with Crippen molar-refractivity contribution in [2.45, 2.75) is 31.9 Å². The highest BCUT2D eigenvalue weighted by atomic mass is 19.1. The summed E-state index contributed by atoms with van der Waals surface area (Å²) in [6.07, 6.45) is 1.36. The van der Waals surface area contributed by atoms with Gasteiger partial charge in [-0.1, -0.05) is 0 Å². The molecule has 1 aromatic rings. The molecule has 0 bridgehead atoms. The van der Waals surface area contributed by atoms with Crippen molar-refractivity contribution in [2.75, 3.05) is 62.8 Å². The molecular weight excluding hydrogens is 403 g/mol. The Hall–Kier alpha value is -2.39. The molecule has 1 N–H and O–H groups in total. The summed E-state index contributed by atoms with van der Waals surface area (Å²) in [5.41, 5.74) is 1.04. The zero-order valence-electron chi connectivity index (χ0n) is 18.2. The van der Waals surface area contributed by atoms with Gasteiger partial charge < -0.3 is 19.7 Å². The summed E-state index contributed by atoms with van der Waals surface area (Å²) in [7, 11) is 1.72. The normalized spacial score (nSPS) is 26.2. The van der Waals surface area contributed by atoms with Crippen molar-refractivity contribution in [2.24, 2.45) is 5.92 Å². The summed E-state index contributed by atoms with van der Waals surface area (Å²) in [5.74, 6) is 0.0161. The molecule has 9 heteroatoms. The van der Waals surface area contributed by atoms with Gasteiger partial charge >= 0.3 is 6.09 Å². The molecule has 1 aromatic carbocycles. The van der Waals surface area contributed by atoms with Gasteiger partial charge in [0.25, 0.3) is 0 Å². The zero-order chi connectivity index (χ0) is 22.0. The number of nitrogens with one attached hydrogen (secondary N) is 1. The molecule has 0 saturated carbocycles. The highest BCUT2D eigenvalue weighted by Crippen LogP contribution is 2.35. The topological polar surface area (TPSA) is 74.3 Å². The Morgan fingerprint density at radius 3 is 2.90 bits per heavy atom. The maximum Gasteiger partial charge on any atom is 0.414 e. The van der Waals surface area contributed by atoms with Crippen LogP contribution < -0.4 is 15.1 Å². The number of methoxy groups -OCH3 is 1.